The van der Waals surface area contributed by atoms with Gasteiger partial charge in [0.25, 0.3) is 0 Å². The molecule has 2 fully saturated rings. The molecule has 0 bridgehead atoms. The molecule has 1 aliphatic carbocycles. The second-order valence-corrected chi connectivity index (χ2v) is 5.27. The highest BCUT2D eigenvalue weighted by atomic mass is 15.2. The van der Waals surface area contributed by atoms with Crippen molar-refractivity contribution >= 4 is 0 Å². The van der Waals surface area contributed by atoms with E-state index in [-0.39, 0.29) is 5.54 Å². The Labute approximate surface area is 98.8 Å². The van der Waals surface area contributed by atoms with Crippen LogP contribution < -0.4 is 5.32 Å². The van der Waals surface area contributed by atoms with Crippen molar-refractivity contribution in [1.82, 2.24) is 10.2 Å². The second kappa shape index (κ2) is 5.16. The number of rotatable bonds is 1. The number of nitrogens with one attached hydrogen (secondary N) is 1. The summed E-state index contributed by atoms with van der Waals surface area (Å²) in [4.78, 5) is 2.46. The van der Waals surface area contributed by atoms with Crippen LogP contribution in [0.1, 0.15) is 39.0 Å². The SMILES string of the molecule is CC1CCCCC1(C#N)N1CCCNCC1. The highest BCUT2D eigenvalue weighted by molar-refractivity contribution is 5.13. The summed E-state index contributed by atoms with van der Waals surface area (Å²) in [6, 6.07) is 2.66. The van der Waals surface area contributed by atoms with Crippen LogP contribution in [0.25, 0.3) is 0 Å². The lowest BCUT2D eigenvalue weighted by molar-refractivity contribution is 0.0584. The van der Waals surface area contributed by atoms with Crippen LogP contribution in [0.4, 0.5) is 0 Å². The first-order valence-corrected chi connectivity index (χ1v) is 6.66. The van der Waals surface area contributed by atoms with Gasteiger partial charge in [0, 0.05) is 19.6 Å². The molecule has 1 N–H and O–H groups in total. The van der Waals surface area contributed by atoms with Gasteiger partial charge in [-0.1, -0.05) is 19.8 Å². The van der Waals surface area contributed by atoms with Gasteiger partial charge in [0.05, 0.1) is 6.07 Å². The van der Waals surface area contributed by atoms with Gasteiger partial charge in [0.2, 0.25) is 0 Å². The molecule has 0 aromatic rings. The van der Waals surface area contributed by atoms with Crippen molar-refractivity contribution in [2.45, 2.75) is 44.6 Å². The first kappa shape index (κ1) is 11.9. The van der Waals surface area contributed by atoms with Crippen molar-refractivity contribution < 1.29 is 0 Å². The van der Waals surface area contributed by atoms with Crippen LogP contribution in [-0.2, 0) is 0 Å². The Hall–Kier alpha value is -0.590. The topological polar surface area (TPSA) is 39.1 Å². The van der Waals surface area contributed by atoms with Crippen LogP contribution in [0.5, 0.6) is 0 Å². The minimum absolute atomic E-state index is 0.162. The Bertz CT molecular complexity index is 263. The molecule has 1 heterocycles. The smallest absolute Gasteiger partial charge is 0.111 e. The fourth-order valence-electron chi connectivity index (χ4n) is 3.28. The Balaban J connectivity index is 2.15. The van der Waals surface area contributed by atoms with Gasteiger partial charge in [-0.25, -0.2) is 0 Å². The summed E-state index contributed by atoms with van der Waals surface area (Å²) in [5, 5.41) is 13.1. The van der Waals surface area contributed by atoms with Gasteiger partial charge in [-0.3, -0.25) is 4.90 Å². The monoisotopic (exact) mass is 221 g/mol. The van der Waals surface area contributed by atoms with Crippen molar-refractivity contribution in [2.75, 3.05) is 26.2 Å². The molecule has 0 aromatic heterocycles. The van der Waals surface area contributed by atoms with Crippen LogP contribution in [0.15, 0.2) is 0 Å². The van der Waals surface area contributed by atoms with Crippen molar-refractivity contribution in [3.8, 4) is 6.07 Å². The predicted molar refractivity (Wildman–Crippen MR) is 65.0 cm³/mol. The van der Waals surface area contributed by atoms with E-state index in [2.05, 4.69) is 23.2 Å². The third kappa shape index (κ3) is 2.09. The average molecular weight is 221 g/mol. The van der Waals surface area contributed by atoms with E-state index in [4.69, 9.17) is 0 Å². The molecule has 0 radical (unpaired) electrons. The number of hydrogen-bond donors (Lipinski definition) is 1. The van der Waals surface area contributed by atoms with Gasteiger partial charge in [-0.15, -0.1) is 0 Å². The quantitative estimate of drug-likeness (QED) is 0.733. The van der Waals surface area contributed by atoms with Gasteiger partial charge >= 0.3 is 0 Å². The minimum atomic E-state index is -0.162. The molecule has 0 amide bonds. The number of nitriles is 1. The third-order valence-corrected chi connectivity index (χ3v) is 4.36. The number of nitrogens with zero attached hydrogens (tertiary/aromatic N) is 2. The van der Waals surface area contributed by atoms with Gasteiger partial charge in [-0.05, 0) is 31.7 Å². The molecule has 2 atom stereocenters. The van der Waals surface area contributed by atoms with E-state index in [1.165, 1.54) is 25.7 Å². The van der Waals surface area contributed by atoms with Crippen LogP contribution in [0.3, 0.4) is 0 Å². The fraction of sp³-hybridized carbons (Fsp3) is 0.923. The highest BCUT2D eigenvalue weighted by Crippen LogP contribution is 2.38. The fourth-order valence-corrected chi connectivity index (χ4v) is 3.28. The Morgan fingerprint density at radius 3 is 2.88 bits per heavy atom. The van der Waals surface area contributed by atoms with E-state index in [1.807, 2.05) is 0 Å². The van der Waals surface area contributed by atoms with Gasteiger partial charge in [-0.2, -0.15) is 5.26 Å². The number of hydrogen-bond acceptors (Lipinski definition) is 3. The average Bonchev–Trinajstić information content (AvgIpc) is 2.59. The standard InChI is InChI=1S/C13H23N3/c1-12-5-2-3-6-13(12,11-14)16-9-4-7-15-8-10-16/h12,15H,2-10H2,1H3. The van der Waals surface area contributed by atoms with E-state index < -0.39 is 0 Å². The van der Waals surface area contributed by atoms with E-state index in [1.54, 1.807) is 0 Å². The van der Waals surface area contributed by atoms with E-state index in [0.717, 1.165) is 32.6 Å². The van der Waals surface area contributed by atoms with Crippen molar-refractivity contribution in [3.63, 3.8) is 0 Å². The van der Waals surface area contributed by atoms with Crippen molar-refractivity contribution in [1.29, 1.82) is 5.26 Å². The molecular formula is C13H23N3. The zero-order chi connectivity index (χ0) is 11.4. The van der Waals surface area contributed by atoms with Gasteiger partial charge < -0.3 is 5.32 Å². The molecule has 0 spiro atoms. The van der Waals surface area contributed by atoms with E-state index in [9.17, 15) is 5.26 Å². The Morgan fingerprint density at radius 2 is 2.12 bits per heavy atom. The molecule has 3 nitrogen and oxygen atoms in total. The summed E-state index contributed by atoms with van der Waals surface area (Å²) in [5.41, 5.74) is -0.162. The summed E-state index contributed by atoms with van der Waals surface area (Å²) in [5.74, 6) is 0.532. The molecule has 0 aromatic carbocycles. The molecular weight excluding hydrogens is 198 g/mol. The maximum Gasteiger partial charge on any atom is 0.111 e. The summed E-state index contributed by atoms with van der Waals surface area (Å²) < 4.78 is 0. The summed E-state index contributed by atoms with van der Waals surface area (Å²) in [6.07, 6.45) is 6.00. The molecule has 2 unspecified atom stereocenters. The lowest BCUT2D eigenvalue weighted by atomic mass is 9.73. The maximum absolute atomic E-state index is 9.64. The molecule has 90 valence electrons. The van der Waals surface area contributed by atoms with E-state index in [0.29, 0.717) is 5.92 Å². The van der Waals surface area contributed by atoms with Gasteiger partial charge in [0.1, 0.15) is 5.54 Å². The van der Waals surface area contributed by atoms with Crippen LogP contribution in [0, 0.1) is 17.2 Å². The first-order chi connectivity index (χ1) is 7.79. The highest BCUT2D eigenvalue weighted by Gasteiger charge is 2.43. The lowest BCUT2D eigenvalue weighted by Gasteiger charge is -2.45. The minimum Gasteiger partial charge on any atom is -0.315 e. The lowest BCUT2D eigenvalue weighted by Crippen LogP contribution is -2.54. The molecule has 1 saturated heterocycles. The Morgan fingerprint density at radius 1 is 1.25 bits per heavy atom. The normalized spacial score (nSPS) is 37.6. The maximum atomic E-state index is 9.64. The van der Waals surface area contributed by atoms with Crippen LogP contribution >= 0.6 is 0 Å². The van der Waals surface area contributed by atoms with Gasteiger partial charge in [0.15, 0.2) is 0 Å². The Kier molecular flexibility index (Phi) is 3.83. The summed E-state index contributed by atoms with van der Waals surface area (Å²) in [6.45, 7) is 6.53. The van der Waals surface area contributed by atoms with Crippen molar-refractivity contribution in [2.24, 2.45) is 5.92 Å². The molecule has 1 saturated carbocycles. The first-order valence-electron chi connectivity index (χ1n) is 6.66. The van der Waals surface area contributed by atoms with E-state index >= 15 is 0 Å². The zero-order valence-electron chi connectivity index (χ0n) is 10.3. The largest absolute Gasteiger partial charge is 0.315 e. The summed E-state index contributed by atoms with van der Waals surface area (Å²) in [7, 11) is 0. The second-order valence-electron chi connectivity index (χ2n) is 5.27. The molecule has 2 rings (SSSR count). The molecule has 3 heteroatoms. The van der Waals surface area contributed by atoms with Crippen molar-refractivity contribution in [3.05, 3.63) is 0 Å². The summed E-state index contributed by atoms with van der Waals surface area (Å²) >= 11 is 0. The predicted octanol–water partition coefficient (Wildman–Crippen LogP) is 1.75. The molecule has 1 aliphatic heterocycles. The molecule has 2 aliphatic rings. The van der Waals surface area contributed by atoms with Crippen LogP contribution in [-0.4, -0.2) is 36.6 Å². The zero-order valence-corrected chi connectivity index (χ0v) is 10.3. The third-order valence-electron chi connectivity index (χ3n) is 4.36. The van der Waals surface area contributed by atoms with Crippen LogP contribution in [0.2, 0.25) is 0 Å². The molecule has 16 heavy (non-hydrogen) atoms.